The van der Waals surface area contributed by atoms with Crippen LogP contribution in [0, 0.1) is 11.3 Å². The van der Waals surface area contributed by atoms with Crippen molar-refractivity contribution in [2.45, 2.75) is 37.9 Å². The summed E-state index contributed by atoms with van der Waals surface area (Å²) in [5, 5.41) is 9.12. The third kappa shape index (κ3) is 5.01. The molecule has 3 rings (SSSR count). The van der Waals surface area contributed by atoms with E-state index in [2.05, 4.69) is 0 Å². The molecule has 1 heterocycles. The van der Waals surface area contributed by atoms with Gasteiger partial charge >= 0.3 is 17.9 Å². The molecule has 2 aromatic rings. The molecule has 0 aromatic heterocycles. The summed E-state index contributed by atoms with van der Waals surface area (Å²) in [5.41, 5.74) is 0.535. The molecule has 0 saturated carbocycles. The number of nitrogens with zero attached hydrogens (tertiary/aromatic N) is 1. The fourth-order valence-corrected chi connectivity index (χ4v) is 3.00. The summed E-state index contributed by atoms with van der Waals surface area (Å²) in [7, 11) is 0. The monoisotopic (exact) mass is 409 g/mol. The van der Waals surface area contributed by atoms with Crippen molar-refractivity contribution < 1.29 is 33.3 Å². The van der Waals surface area contributed by atoms with Gasteiger partial charge in [0, 0.05) is 6.92 Å². The summed E-state index contributed by atoms with van der Waals surface area (Å²) >= 11 is 0. The Morgan fingerprint density at radius 3 is 1.83 bits per heavy atom. The lowest BCUT2D eigenvalue weighted by molar-refractivity contribution is -0.185. The SMILES string of the molecule is CC(=O)O[C@H]1O[C@H](CC#N)[C@@H](OC(=O)c2ccccc2)[C@H]1OC(=O)c1ccccc1. The molecule has 1 aliphatic rings. The predicted molar refractivity (Wildman–Crippen MR) is 102 cm³/mol. The first-order chi connectivity index (χ1) is 14.5. The topological polar surface area (TPSA) is 112 Å². The third-order valence-electron chi connectivity index (χ3n) is 4.35. The van der Waals surface area contributed by atoms with Gasteiger partial charge in [0.1, 0.15) is 6.10 Å². The molecule has 0 unspecified atom stereocenters. The minimum Gasteiger partial charge on any atom is -0.452 e. The van der Waals surface area contributed by atoms with Crippen LogP contribution in [0.25, 0.3) is 0 Å². The highest BCUT2D eigenvalue weighted by molar-refractivity contribution is 5.90. The summed E-state index contributed by atoms with van der Waals surface area (Å²) in [5.74, 6) is -2.07. The smallest absolute Gasteiger partial charge is 0.338 e. The number of ether oxygens (including phenoxy) is 4. The van der Waals surface area contributed by atoms with Crippen LogP contribution < -0.4 is 0 Å². The fraction of sp³-hybridized carbons (Fsp3) is 0.273. The molecule has 1 saturated heterocycles. The Hall–Kier alpha value is -3.70. The van der Waals surface area contributed by atoms with E-state index in [1.54, 1.807) is 60.7 Å². The highest BCUT2D eigenvalue weighted by Gasteiger charge is 2.51. The molecule has 4 atom stereocenters. The zero-order valence-electron chi connectivity index (χ0n) is 16.1. The molecule has 154 valence electrons. The van der Waals surface area contributed by atoms with Crippen LogP contribution in [0.1, 0.15) is 34.1 Å². The van der Waals surface area contributed by atoms with Crippen molar-refractivity contribution in [1.29, 1.82) is 5.26 Å². The Labute approximate surface area is 172 Å². The molecule has 8 nitrogen and oxygen atoms in total. The van der Waals surface area contributed by atoms with E-state index in [0.717, 1.165) is 0 Å². The van der Waals surface area contributed by atoms with Gasteiger partial charge in [-0.25, -0.2) is 9.59 Å². The number of esters is 3. The van der Waals surface area contributed by atoms with Crippen molar-refractivity contribution in [3.63, 3.8) is 0 Å². The standard InChI is InChI=1S/C22H19NO7/c1-14(24)27-22-19(30-21(26)16-10-6-3-7-11-16)18(17(28-22)12-13-23)29-20(25)15-8-4-2-5-9-15/h2-11,17-19,22H,12H2,1H3/t17-,18-,19-,22+/m1/s1. The van der Waals surface area contributed by atoms with Crippen LogP contribution in [0.4, 0.5) is 0 Å². The van der Waals surface area contributed by atoms with Crippen molar-refractivity contribution in [3.05, 3.63) is 71.8 Å². The normalized spacial score (nSPS) is 22.5. The number of nitriles is 1. The van der Waals surface area contributed by atoms with E-state index in [-0.39, 0.29) is 17.5 Å². The maximum Gasteiger partial charge on any atom is 0.338 e. The lowest BCUT2D eigenvalue weighted by Gasteiger charge is -2.23. The zero-order valence-corrected chi connectivity index (χ0v) is 16.1. The van der Waals surface area contributed by atoms with Crippen LogP contribution in [0.2, 0.25) is 0 Å². The Morgan fingerprint density at radius 2 is 1.37 bits per heavy atom. The van der Waals surface area contributed by atoms with E-state index >= 15 is 0 Å². The lowest BCUT2D eigenvalue weighted by Crippen LogP contribution is -2.41. The van der Waals surface area contributed by atoms with Gasteiger partial charge in [0.15, 0.2) is 6.10 Å². The number of carbonyl (C=O) groups is 3. The first kappa shape index (κ1) is 21.0. The number of hydrogen-bond donors (Lipinski definition) is 0. The first-order valence-corrected chi connectivity index (χ1v) is 9.21. The van der Waals surface area contributed by atoms with Crippen LogP contribution in [0.3, 0.4) is 0 Å². The van der Waals surface area contributed by atoms with Gasteiger partial charge in [-0.15, -0.1) is 0 Å². The van der Waals surface area contributed by atoms with Crippen molar-refractivity contribution in [2.75, 3.05) is 0 Å². The Kier molecular flexibility index (Phi) is 6.78. The number of hydrogen-bond acceptors (Lipinski definition) is 8. The summed E-state index contributed by atoms with van der Waals surface area (Å²) in [6.45, 7) is 1.17. The van der Waals surface area contributed by atoms with Crippen molar-refractivity contribution in [3.8, 4) is 6.07 Å². The summed E-state index contributed by atoms with van der Waals surface area (Å²) in [6, 6.07) is 18.3. The minimum absolute atomic E-state index is 0.163. The quantitative estimate of drug-likeness (QED) is 0.529. The van der Waals surface area contributed by atoms with Crippen LogP contribution in [0.15, 0.2) is 60.7 Å². The minimum atomic E-state index is -1.32. The summed E-state index contributed by atoms with van der Waals surface area (Å²) in [6.07, 6.45) is -4.81. The maximum atomic E-state index is 12.6. The molecule has 30 heavy (non-hydrogen) atoms. The van der Waals surface area contributed by atoms with E-state index in [4.69, 9.17) is 24.2 Å². The second kappa shape index (κ2) is 9.67. The average Bonchev–Trinajstić information content (AvgIpc) is 3.04. The van der Waals surface area contributed by atoms with E-state index in [1.807, 2.05) is 6.07 Å². The Bertz CT molecular complexity index is 939. The molecule has 0 aliphatic carbocycles. The molecule has 8 heteroatoms. The second-order valence-corrected chi connectivity index (χ2v) is 6.49. The molecule has 0 radical (unpaired) electrons. The maximum absolute atomic E-state index is 12.6. The third-order valence-corrected chi connectivity index (χ3v) is 4.35. The molecule has 0 N–H and O–H groups in total. The molecular weight excluding hydrogens is 390 g/mol. The van der Waals surface area contributed by atoms with E-state index in [0.29, 0.717) is 0 Å². The van der Waals surface area contributed by atoms with Gasteiger partial charge in [-0.3, -0.25) is 4.79 Å². The molecule has 0 amide bonds. The van der Waals surface area contributed by atoms with E-state index < -0.39 is 42.5 Å². The Balaban J connectivity index is 1.86. The van der Waals surface area contributed by atoms with Crippen molar-refractivity contribution in [2.24, 2.45) is 0 Å². The number of benzene rings is 2. The van der Waals surface area contributed by atoms with Crippen LogP contribution in [-0.2, 0) is 23.7 Å². The molecular formula is C22H19NO7. The van der Waals surface area contributed by atoms with Gasteiger partial charge in [-0.2, -0.15) is 5.26 Å². The highest BCUT2D eigenvalue weighted by atomic mass is 16.7. The zero-order chi connectivity index (χ0) is 21.5. The highest BCUT2D eigenvalue weighted by Crippen LogP contribution is 2.31. The average molecular weight is 409 g/mol. The van der Waals surface area contributed by atoms with E-state index in [9.17, 15) is 14.4 Å². The largest absolute Gasteiger partial charge is 0.452 e. The van der Waals surface area contributed by atoms with Gasteiger partial charge in [0.05, 0.1) is 23.6 Å². The van der Waals surface area contributed by atoms with Crippen LogP contribution in [-0.4, -0.2) is 42.5 Å². The predicted octanol–water partition coefficient (Wildman–Crippen LogP) is 2.64. The number of carbonyl (C=O) groups excluding carboxylic acids is 3. The Morgan fingerprint density at radius 1 is 0.867 bits per heavy atom. The molecule has 2 aromatic carbocycles. The summed E-state index contributed by atoms with van der Waals surface area (Å²) in [4.78, 5) is 36.6. The fourth-order valence-electron chi connectivity index (χ4n) is 3.00. The number of rotatable bonds is 6. The van der Waals surface area contributed by atoms with Gasteiger partial charge in [0.2, 0.25) is 12.4 Å². The first-order valence-electron chi connectivity index (χ1n) is 9.21. The van der Waals surface area contributed by atoms with Gasteiger partial charge in [0.25, 0.3) is 0 Å². The molecule has 1 aliphatic heterocycles. The van der Waals surface area contributed by atoms with Crippen molar-refractivity contribution in [1.82, 2.24) is 0 Å². The molecule has 1 fully saturated rings. The van der Waals surface area contributed by atoms with Crippen LogP contribution in [0.5, 0.6) is 0 Å². The molecule has 0 bridgehead atoms. The lowest BCUT2D eigenvalue weighted by atomic mass is 10.1. The molecule has 0 spiro atoms. The van der Waals surface area contributed by atoms with E-state index in [1.165, 1.54) is 6.92 Å². The van der Waals surface area contributed by atoms with Gasteiger partial charge in [-0.1, -0.05) is 36.4 Å². The van der Waals surface area contributed by atoms with Gasteiger partial charge in [-0.05, 0) is 24.3 Å². The van der Waals surface area contributed by atoms with Gasteiger partial charge < -0.3 is 18.9 Å². The second-order valence-electron chi connectivity index (χ2n) is 6.49. The summed E-state index contributed by atoms with van der Waals surface area (Å²) < 4.78 is 21.8. The van der Waals surface area contributed by atoms with Crippen molar-refractivity contribution >= 4 is 17.9 Å². The van der Waals surface area contributed by atoms with Crippen LogP contribution >= 0.6 is 0 Å².